The van der Waals surface area contributed by atoms with Gasteiger partial charge in [0.2, 0.25) is 5.91 Å². The van der Waals surface area contributed by atoms with Crippen LogP contribution in [0, 0.1) is 5.92 Å². The fourth-order valence-electron chi connectivity index (χ4n) is 5.64. The third kappa shape index (κ3) is 6.13. The maximum atomic E-state index is 13.2. The second-order valence-corrected chi connectivity index (χ2v) is 11.1. The molecule has 1 N–H and O–H groups in total. The van der Waals surface area contributed by atoms with Gasteiger partial charge in [0.1, 0.15) is 4.34 Å². The predicted molar refractivity (Wildman–Crippen MR) is 126 cm³/mol. The zero-order valence-electron chi connectivity index (χ0n) is 18.4. The van der Waals surface area contributed by atoms with E-state index >= 15 is 0 Å². The fourth-order valence-corrected chi connectivity index (χ4v) is 6.44. The number of anilines is 1. The molecule has 0 atom stereocenters. The number of rotatable bonds is 6. The number of hydrogen-bond acceptors (Lipinski definition) is 4. The number of aromatic nitrogens is 1. The maximum absolute atomic E-state index is 13.2. The Morgan fingerprint density at radius 2 is 1.68 bits per heavy atom. The zero-order valence-corrected chi connectivity index (χ0v) is 19.9. The van der Waals surface area contributed by atoms with Crippen LogP contribution in [0.2, 0.25) is 4.34 Å². The first-order chi connectivity index (χ1) is 15.1. The molecule has 1 aromatic rings. The van der Waals surface area contributed by atoms with E-state index in [-0.39, 0.29) is 18.1 Å². The minimum absolute atomic E-state index is 0.0658. The van der Waals surface area contributed by atoms with Crippen LogP contribution in [0.25, 0.3) is 0 Å². The van der Waals surface area contributed by atoms with E-state index in [0.29, 0.717) is 21.8 Å². The van der Waals surface area contributed by atoms with Gasteiger partial charge in [0.05, 0.1) is 6.20 Å². The lowest BCUT2D eigenvalue weighted by Gasteiger charge is -2.43. The van der Waals surface area contributed by atoms with E-state index in [0.717, 1.165) is 51.1 Å². The number of carbonyl (C=O) groups is 2. The lowest BCUT2D eigenvalue weighted by molar-refractivity contribution is -0.133. The van der Waals surface area contributed by atoms with Gasteiger partial charge in [-0.1, -0.05) is 67.9 Å². The highest BCUT2D eigenvalue weighted by molar-refractivity contribution is 7.19. The first-order valence-corrected chi connectivity index (χ1v) is 13.3. The third-order valence-corrected chi connectivity index (χ3v) is 8.38. The first-order valence-electron chi connectivity index (χ1n) is 12.1. The number of halogens is 1. The van der Waals surface area contributed by atoms with Crippen molar-refractivity contribution in [2.45, 2.75) is 95.6 Å². The number of nitrogens with zero attached hydrogens (tertiary/aromatic N) is 3. The molecule has 8 heteroatoms. The summed E-state index contributed by atoms with van der Waals surface area (Å²) in [5.74, 6) is 1.06. The van der Waals surface area contributed by atoms with E-state index in [2.05, 4.69) is 15.2 Å². The standard InChI is InChI=1S/C23H35ClN4O2S/c24-20-16-25-22(31-20)26-23(30)28(18-8-2-1-3-9-18)19-12-14-27(15-13-19)21(29)11-10-17-6-4-5-7-17/h16-19H,1-15H2,(H,25,26,30). The summed E-state index contributed by atoms with van der Waals surface area (Å²) in [6.07, 6.45) is 16.0. The largest absolute Gasteiger partial charge is 0.343 e. The van der Waals surface area contributed by atoms with Crippen LogP contribution in [-0.2, 0) is 4.79 Å². The molecule has 1 aliphatic heterocycles. The van der Waals surface area contributed by atoms with E-state index in [9.17, 15) is 9.59 Å². The average Bonchev–Trinajstić information content (AvgIpc) is 3.45. The predicted octanol–water partition coefficient (Wildman–Crippen LogP) is 5.92. The summed E-state index contributed by atoms with van der Waals surface area (Å²) in [6.45, 7) is 1.52. The molecular weight excluding hydrogens is 432 g/mol. The highest BCUT2D eigenvalue weighted by atomic mass is 35.5. The molecule has 4 rings (SSSR count). The van der Waals surface area contributed by atoms with Crippen LogP contribution in [0.4, 0.5) is 9.93 Å². The van der Waals surface area contributed by atoms with E-state index in [4.69, 9.17) is 11.6 Å². The van der Waals surface area contributed by atoms with Crippen LogP contribution in [0.3, 0.4) is 0 Å². The quantitative estimate of drug-likeness (QED) is 0.565. The van der Waals surface area contributed by atoms with E-state index in [1.54, 1.807) is 6.20 Å². The van der Waals surface area contributed by atoms with Crippen molar-refractivity contribution in [3.05, 3.63) is 10.5 Å². The molecule has 6 nitrogen and oxygen atoms in total. The van der Waals surface area contributed by atoms with Crippen molar-refractivity contribution in [3.8, 4) is 0 Å². The smallest absolute Gasteiger partial charge is 0.324 e. The van der Waals surface area contributed by atoms with Crippen LogP contribution >= 0.6 is 22.9 Å². The summed E-state index contributed by atoms with van der Waals surface area (Å²) < 4.78 is 0.573. The Morgan fingerprint density at radius 3 is 2.32 bits per heavy atom. The van der Waals surface area contributed by atoms with E-state index in [1.807, 2.05) is 4.90 Å². The van der Waals surface area contributed by atoms with Crippen LogP contribution in [0.15, 0.2) is 6.20 Å². The second-order valence-electron chi connectivity index (χ2n) is 9.40. The fraction of sp³-hybridized carbons (Fsp3) is 0.783. The van der Waals surface area contributed by atoms with Crippen molar-refractivity contribution in [1.82, 2.24) is 14.8 Å². The SMILES string of the molecule is O=C(CCC1CCCC1)N1CCC(N(C(=O)Nc2ncc(Cl)s2)C2CCCCC2)CC1. The summed E-state index contributed by atoms with van der Waals surface area (Å²) in [6, 6.07) is 0.389. The molecule has 31 heavy (non-hydrogen) atoms. The van der Waals surface area contributed by atoms with Gasteiger partial charge in [0, 0.05) is 31.6 Å². The van der Waals surface area contributed by atoms with Gasteiger partial charge < -0.3 is 9.80 Å². The lowest BCUT2D eigenvalue weighted by Crippen LogP contribution is -2.54. The van der Waals surface area contributed by atoms with Gasteiger partial charge >= 0.3 is 6.03 Å². The van der Waals surface area contributed by atoms with Gasteiger partial charge in [-0.2, -0.15) is 0 Å². The van der Waals surface area contributed by atoms with Crippen molar-refractivity contribution in [1.29, 1.82) is 0 Å². The number of likely N-dealkylation sites (tertiary alicyclic amines) is 1. The highest BCUT2D eigenvalue weighted by Crippen LogP contribution is 2.31. The Morgan fingerprint density at radius 1 is 1.03 bits per heavy atom. The molecule has 3 aliphatic rings. The Kier molecular flexibility index (Phi) is 8.10. The molecule has 0 radical (unpaired) electrons. The molecule has 2 aliphatic carbocycles. The zero-order chi connectivity index (χ0) is 21.6. The summed E-state index contributed by atoms with van der Waals surface area (Å²) in [5.41, 5.74) is 0. The van der Waals surface area contributed by atoms with Gasteiger partial charge in [0.25, 0.3) is 0 Å². The van der Waals surface area contributed by atoms with Crippen LogP contribution in [0.5, 0.6) is 0 Å². The highest BCUT2D eigenvalue weighted by Gasteiger charge is 2.35. The monoisotopic (exact) mass is 466 g/mol. The van der Waals surface area contributed by atoms with Crippen LogP contribution in [0.1, 0.15) is 83.5 Å². The van der Waals surface area contributed by atoms with Crippen LogP contribution < -0.4 is 5.32 Å². The minimum Gasteiger partial charge on any atom is -0.343 e. The van der Waals surface area contributed by atoms with E-state index in [1.165, 1.54) is 56.3 Å². The molecule has 0 unspecified atom stereocenters. The van der Waals surface area contributed by atoms with Gasteiger partial charge in [-0.3, -0.25) is 10.1 Å². The van der Waals surface area contributed by atoms with Crippen molar-refractivity contribution < 1.29 is 9.59 Å². The Bertz CT molecular complexity index is 738. The summed E-state index contributed by atoms with van der Waals surface area (Å²) >= 11 is 7.28. The number of nitrogens with one attached hydrogen (secondary N) is 1. The molecule has 1 saturated heterocycles. The molecule has 0 spiro atoms. The number of thiazole rings is 1. The van der Waals surface area contributed by atoms with Gasteiger partial charge in [0.15, 0.2) is 5.13 Å². The molecule has 2 heterocycles. The van der Waals surface area contributed by atoms with Gasteiger partial charge in [-0.05, 0) is 38.0 Å². The number of amides is 3. The molecule has 3 amide bonds. The number of carbonyl (C=O) groups excluding carboxylic acids is 2. The molecule has 2 saturated carbocycles. The Balaban J connectivity index is 1.33. The molecule has 0 bridgehead atoms. The maximum Gasteiger partial charge on any atom is 0.324 e. The lowest BCUT2D eigenvalue weighted by atomic mass is 9.91. The minimum atomic E-state index is -0.0658. The van der Waals surface area contributed by atoms with Gasteiger partial charge in [-0.15, -0.1) is 0 Å². The van der Waals surface area contributed by atoms with Crippen molar-refractivity contribution in [2.75, 3.05) is 18.4 Å². The molecule has 172 valence electrons. The van der Waals surface area contributed by atoms with Crippen LogP contribution in [-0.4, -0.2) is 51.9 Å². The van der Waals surface area contributed by atoms with E-state index < -0.39 is 0 Å². The molecule has 1 aromatic heterocycles. The normalized spacial score (nSPS) is 21.4. The average molecular weight is 467 g/mol. The van der Waals surface area contributed by atoms with Crippen molar-refractivity contribution >= 4 is 40.0 Å². The summed E-state index contributed by atoms with van der Waals surface area (Å²) in [4.78, 5) is 34.3. The second kappa shape index (κ2) is 11.0. The topological polar surface area (TPSA) is 65.5 Å². The Labute approximate surface area is 194 Å². The summed E-state index contributed by atoms with van der Waals surface area (Å²) in [7, 11) is 0. The number of hydrogen-bond donors (Lipinski definition) is 1. The van der Waals surface area contributed by atoms with Crippen molar-refractivity contribution in [2.24, 2.45) is 5.92 Å². The Hall–Kier alpha value is -1.34. The first kappa shape index (κ1) is 22.8. The van der Waals surface area contributed by atoms with Gasteiger partial charge in [-0.25, -0.2) is 9.78 Å². The molecule has 3 fully saturated rings. The van der Waals surface area contributed by atoms with Crippen molar-refractivity contribution in [3.63, 3.8) is 0 Å². The third-order valence-electron chi connectivity index (χ3n) is 7.35. The summed E-state index contributed by atoms with van der Waals surface area (Å²) in [5, 5.41) is 3.52. The molecule has 0 aromatic carbocycles. The number of urea groups is 1. The number of piperidine rings is 1. The molecular formula is C23H35ClN4O2S.